The van der Waals surface area contributed by atoms with Gasteiger partial charge in [0.2, 0.25) is 0 Å². The predicted molar refractivity (Wildman–Crippen MR) is 50.5 cm³/mol. The first kappa shape index (κ1) is 7.94. The molecule has 38 valence electrons. The molecule has 1 atom stereocenters. The molecule has 0 aliphatic heterocycles. The van der Waals surface area contributed by atoms with E-state index in [0.29, 0.717) is 0 Å². The van der Waals surface area contributed by atoms with E-state index in [1.54, 1.807) is 0 Å². The summed E-state index contributed by atoms with van der Waals surface area (Å²) in [6.45, 7) is 0. The van der Waals surface area contributed by atoms with Crippen molar-refractivity contribution in [2.75, 3.05) is 9.76 Å². The third-order valence-electron chi connectivity index (χ3n) is 0.335. The molecule has 0 N–H and O–H groups in total. The molecule has 3 heteroatoms. The van der Waals surface area contributed by atoms with Gasteiger partial charge in [-0.1, -0.05) is 61.1 Å². The molecule has 0 rings (SSSR count). The lowest BCUT2D eigenvalue weighted by Crippen LogP contribution is -1.97. The first-order chi connectivity index (χ1) is 2.81. The van der Waals surface area contributed by atoms with Gasteiger partial charge in [0.05, 0.1) is 0 Å². The molecule has 6 heavy (non-hydrogen) atoms. The molecule has 0 aliphatic rings. The lowest BCUT2D eigenvalue weighted by molar-refractivity contribution is 1.24. The maximum atomic E-state index is 3.36. The van der Waals surface area contributed by atoms with Gasteiger partial charge in [0.1, 0.15) is 0 Å². The Balaban J connectivity index is 2.75. The van der Waals surface area contributed by atoms with E-state index in [4.69, 9.17) is 0 Å². The van der Waals surface area contributed by atoms with Crippen LogP contribution in [0.15, 0.2) is 0 Å². The van der Waals surface area contributed by atoms with Crippen molar-refractivity contribution in [2.24, 2.45) is 0 Å². The molecule has 0 spiro atoms. The first-order valence-corrected chi connectivity index (χ1v) is 5.46. The van der Waals surface area contributed by atoms with Gasteiger partial charge in [0, 0.05) is 13.7 Å². The highest BCUT2D eigenvalue weighted by Gasteiger charge is 1.93. The van der Waals surface area contributed by atoms with Crippen LogP contribution >= 0.6 is 61.1 Å². The van der Waals surface area contributed by atoms with Crippen LogP contribution in [0.3, 0.4) is 0 Å². The number of hydrogen-bond donors (Lipinski definition) is 0. The van der Waals surface area contributed by atoms with Gasteiger partial charge >= 0.3 is 0 Å². The van der Waals surface area contributed by atoms with Crippen molar-refractivity contribution in [2.45, 2.75) is 3.92 Å². The highest BCUT2D eigenvalue weighted by Crippen LogP contribution is 2.06. The Bertz CT molecular complexity index is 28.0. The topological polar surface area (TPSA) is 0 Å². The Kier molecular flexibility index (Phi) is 6.73. The molecule has 1 unspecified atom stereocenters. The fourth-order valence-corrected chi connectivity index (χ4v) is 1.44. The summed E-state index contributed by atoms with van der Waals surface area (Å²) in [6.07, 6.45) is 0. The molecule has 0 aromatic carbocycles. The minimum absolute atomic E-state index is 0.809. The van der Waals surface area contributed by atoms with Crippen LogP contribution in [0.25, 0.3) is 0 Å². The van der Waals surface area contributed by atoms with Gasteiger partial charge in [-0.2, -0.15) is 0 Å². The minimum atomic E-state index is 0.809. The number of rotatable bonds is 2. The van der Waals surface area contributed by atoms with Gasteiger partial charge in [0.25, 0.3) is 0 Å². The molecule has 0 aromatic rings. The second-order valence-corrected chi connectivity index (χ2v) is 4.20. The average molecular weight is 375 g/mol. The molecule has 0 saturated carbocycles. The Morgan fingerprint density at radius 3 is 2.17 bits per heavy atom. The Labute approximate surface area is 73.9 Å². The summed E-state index contributed by atoms with van der Waals surface area (Å²) < 4.78 is 2.05. The number of alkyl halides is 3. The van der Waals surface area contributed by atoms with Crippen molar-refractivity contribution in [1.82, 2.24) is 0 Å². The lowest BCUT2D eigenvalue weighted by Gasteiger charge is -1.93. The van der Waals surface area contributed by atoms with Gasteiger partial charge in [-0.15, -0.1) is 0 Å². The molecule has 0 aliphatic carbocycles. The van der Waals surface area contributed by atoms with Crippen LogP contribution in [0.2, 0.25) is 0 Å². The van der Waals surface area contributed by atoms with Crippen molar-refractivity contribution < 1.29 is 0 Å². The van der Waals surface area contributed by atoms with Crippen molar-refractivity contribution in [1.29, 1.82) is 0 Å². The molecule has 0 nitrogen and oxygen atoms in total. The van der Waals surface area contributed by atoms with Crippen LogP contribution in [0.1, 0.15) is 0 Å². The van der Waals surface area contributed by atoms with Gasteiger partial charge < -0.3 is 0 Å². The van der Waals surface area contributed by atoms with Crippen molar-refractivity contribution in [3.63, 3.8) is 0 Å². The molecule has 0 radical (unpaired) electrons. The fraction of sp³-hybridized carbons (Fsp3) is 1.00. The fourth-order valence-electron chi connectivity index (χ4n) is 0.0412. The van der Waals surface area contributed by atoms with E-state index >= 15 is 0 Å². The van der Waals surface area contributed by atoms with Crippen LogP contribution in [-0.2, 0) is 0 Å². The van der Waals surface area contributed by atoms with Crippen LogP contribution in [0, 0.1) is 0 Å². The van der Waals surface area contributed by atoms with Crippen molar-refractivity contribution in [3.05, 3.63) is 0 Å². The van der Waals surface area contributed by atoms with E-state index in [2.05, 4.69) is 61.1 Å². The normalized spacial score (nSPS) is 14.5. The largest absolute Gasteiger partial charge is 0.0916 e. The Morgan fingerprint density at radius 1 is 1.67 bits per heavy atom. The van der Waals surface area contributed by atoms with Crippen molar-refractivity contribution in [3.8, 4) is 0 Å². The molecular formula is C3H5BrI2. The monoisotopic (exact) mass is 374 g/mol. The molecule has 0 aromatic heterocycles. The van der Waals surface area contributed by atoms with E-state index < -0.39 is 0 Å². The maximum absolute atomic E-state index is 3.36. The van der Waals surface area contributed by atoms with E-state index in [1.807, 2.05) is 0 Å². The average Bonchev–Trinajstić information content (AvgIpc) is 1.65. The van der Waals surface area contributed by atoms with Gasteiger partial charge in [0.15, 0.2) is 0 Å². The molecular weight excluding hydrogens is 370 g/mol. The van der Waals surface area contributed by atoms with Gasteiger partial charge in [-0.25, -0.2) is 0 Å². The standard InChI is InChI=1S/C3H5BrI2/c4-1-3(6)2-5/h3H,1-2H2. The Hall–Kier alpha value is 1.94. The zero-order valence-corrected chi connectivity index (χ0v) is 9.03. The highest BCUT2D eigenvalue weighted by atomic mass is 127. The summed E-state index contributed by atoms with van der Waals surface area (Å²) in [4.78, 5) is 0. The summed E-state index contributed by atoms with van der Waals surface area (Å²) in [6, 6.07) is 0. The molecule has 0 saturated heterocycles. The quantitative estimate of drug-likeness (QED) is 0.515. The predicted octanol–water partition coefficient (Wildman–Crippen LogP) is 2.62. The second-order valence-electron chi connectivity index (χ2n) is 0.906. The van der Waals surface area contributed by atoms with Crippen LogP contribution in [0.4, 0.5) is 0 Å². The Morgan fingerprint density at radius 2 is 2.17 bits per heavy atom. The smallest absolute Gasteiger partial charge is 0.0296 e. The minimum Gasteiger partial charge on any atom is -0.0916 e. The molecule has 0 fully saturated rings. The molecule has 0 bridgehead atoms. The maximum Gasteiger partial charge on any atom is 0.0296 e. The van der Waals surface area contributed by atoms with Gasteiger partial charge in [-0.05, 0) is 0 Å². The van der Waals surface area contributed by atoms with Gasteiger partial charge in [-0.3, -0.25) is 0 Å². The third kappa shape index (κ3) is 4.11. The summed E-state index contributed by atoms with van der Waals surface area (Å²) in [5.74, 6) is 0. The summed E-state index contributed by atoms with van der Waals surface area (Å²) in [7, 11) is 0. The molecule has 0 heterocycles. The summed E-state index contributed by atoms with van der Waals surface area (Å²) in [5, 5.41) is 1.12. The highest BCUT2D eigenvalue weighted by molar-refractivity contribution is 14.1. The number of hydrogen-bond acceptors (Lipinski definition) is 0. The van der Waals surface area contributed by atoms with Crippen LogP contribution in [0.5, 0.6) is 0 Å². The zero-order valence-electron chi connectivity index (χ0n) is 3.13. The van der Waals surface area contributed by atoms with E-state index in [9.17, 15) is 0 Å². The van der Waals surface area contributed by atoms with Crippen LogP contribution in [-0.4, -0.2) is 13.7 Å². The van der Waals surface area contributed by atoms with E-state index in [1.165, 1.54) is 4.43 Å². The summed E-state index contributed by atoms with van der Waals surface area (Å²) in [5.41, 5.74) is 0. The van der Waals surface area contributed by atoms with Crippen LogP contribution < -0.4 is 0 Å². The number of halogens is 3. The summed E-state index contributed by atoms with van der Waals surface area (Å²) >= 11 is 8.15. The third-order valence-corrected chi connectivity index (χ3v) is 5.96. The lowest BCUT2D eigenvalue weighted by atomic mass is 10.6. The first-order valence-electron chi connectivity index (χ1n) is 1.57. The van der Waals surface area contributed by atoms with E-state index in [-0.39, 0.29) is 0 Å². The SMILES string of the molecule is BrCC(I)CI. The van der Waals surface area contributed by atoms with E-state index in [0.717, 1.165) is 9.25 Å². The van der Waals surface area contributed by atoms with Crippen molar-refractivity contribution >= 4 is 61.1 Å². The molecule has 0 amide bonds. The second kappa shape index (κ2) is 5.08. The zero-order chi connectivity index (χ0) is 4.99.